The second-order valence-corrected chi connectivity index (χ2v) is 7.41. The summed E-state index contributed by atoms with van der Waals surface area (Å²) >= 11 is 1.75. The van der Waals surface area contributed by atoms with E-state index in [0.29, 0.717) is 5.92 Å². The SMILES string of the molecule is Cn1ccnc1[C@H](NC(=O)c1csc2c1CCCC2)C1CC1. The van der Waals surface area contributed by atoms with E-state index in [4.69, 9.17) is 0 Å². The van der Waals surface area contributed by atoms with Crippen LogP contribution in [0.3, 0.4) is 0 Å². The minimum Gasteiger partial charge on any atom is -0.342 e. The van der Waals surface area contributed by atoms with Crippen LogP contribution >= 0.6 is 11.3 Å². The maximum atomic E-state index is 12.8. The number of hydrogen-bond donors (Lipinski definition) is 1. The van der Waals surface area contributed by atoms with Gasteiger partial charge in [-0.1, -0.05) is 0 Å². The first kappa shape index (κ1) is 14.0. The van der Waals surface area contributed by atoms with E-state index in [2.05, 4.69) is 10.3 Å². The highest BCUT2D eigenvalue weighted by Gasteiger charge is 2.36. The maximum absolute atomic E-state index is 12.8. The van der Waals surface area contributed by atoms with Crippen molar-refractivity contribution in [3.8, 4) is 0 Å². The number of aryl methyl sites for hydroxylation is 2. The summed E-state index contributed by atoms with van der Waals surface area (Å²) in [6, 6.07) is 0.0478. The van der Waals surface area contributed by atoms with Gasteiger partial charge in [-0.3, -0.25) is 4.79 Å². The number of carbonyl (C=O) groups excluding carboxylic acids is 1. The van der Waals surface area contributed by atoms with E-state index in [1.165, 1.54) is 36.1 Å². The monoisotopic (exact) mass is 315 g/mol. The summed E-state index contributed by atoms with van der Waals surface area (Å²) in [5.74, 6) is 1.60. The number of rotatable bonds is 4. The summed E-state index contributed by atoms with van der Waals surface area (Å²) in [4.78, 5) is 18.6. The summed E-state index contributed by atoms with van der Waals surface area (Å²) in [5.41, 5.74) is 2.20. The van der Waals surface area contributed by atoms with Crippen molar-refractivity contribution in [3.63, 3.8) is 0 Å². The van der Waals surface area contributed by atoms with Crippen LogP contribution < -0.4 is 5.32 Å². The van der Waals surface area contributed by atoms with Crippen LogP contribution in [0.5, 0.6) is 0 Å². The molecule has 1 amide bonds. The first-order chi connectivity index (χ1) is 10.7. The Morgan fingerprint density at radius 3 is 2.95 bits per heavy atom. The zero-order chi connectivity index (χ0) is 15.1. The van der Waals surface area contributed by atoms with Crippen molar-refractivity contribution in [1.29, 1.82) is 0 Å². The number of carbonyl (C=O) groups is 1. The molecule has 1 N–H and O–H groups in total. The Labute approximate surface area is 134 Å². The maximum Gasteiger partial charge on any atom is 0.253 e. The Morgan fingerprint density at radius 2 is 2.23 bits per heavy atom. The predicted molar refractivity (Wildman–Crippen MR) is 87.1 cm³/mol. The van der Waals surface area contributed by atoms with Crippen molar-refractivity contribution in [1.82, 2.24) is 14.9 Å². The number of hydrogen-bond acceptors (Lipinski definition) is 3. The number of fused-ring (bicyclic) bond motifs is 1. The van der Waals surface area contributed by atoms with Crippen molar-refractivity contribution in [3.05, 3.63) is 39.6 Å². The molecule has 22 heavy (non-hydrogen) atoms. The summed E-state index contributed by atoms with van der Waals surface area (Å²) in [7, 11) is 2.00. The number of thiophene rings is 1. The zero-order valence-electron chi connectivity index (χ0n) is 12.8. The lowest BCUT2D eigenvalue weighted by molar-refractivity contribution is 0.0928. The van der Waals surface area contributed by atoms with Crippen LogP contribution in [-0.2, 0) is 19.9 Å². The predicted octanol–water partition coefficient (Wildman–Crippen LogP) is 3.24. The van der Waals surface area contributed by atoms with Crippen molar-refractivity contribution in [2.75, 3.05) is 0 Å². The molecule has 0 spiro atoms. The Morgan fingerprint density at radius 1 is 1.41 bits per heavy atom. The van der Waals surface area contributed by atoms with Crippen LogP contribution in [-0.4, -0.2) is 15.5 Å². The summed E-state index contributed by atoms with van der Waals surface area (Å²) in [6.07, 6.45) is 10.8. The second kappa shape index (κ2) is 5.54. The van der Waals surface area contributed by atoms with Gasteiger partial charge in [0.25, 0.3) is 5.91 Å². The van der Waals surface area contributed by atoms with Gasteiger partial charge in [-0.25, -0.2) is 4.98 Å². The van der Waals surface area contributed by atoms with Crippen LogP contribution in [0.25, 0.3) is 0 Å². The van der Waals surface area contributed by atoms with Crippen LogP contribution in [0.4, 0.5) is 0 Å². The number of nitrogens with one attached hydrogen (secondary N) is 1. The van der Waals surface area contributed by atoms with E-state index in [1.807, 2.05) is 29.4 Å². The molecule has 0 unspecified atom stereocenters. The van der Waals surface area contributed by atoms with Crippen molar-refractivity contribution in [2.24, 2.45) is 13.0 Å². The second-order valence-electron chi connectivity index (χ2n) is 6.44. The number of amides is 1. The van der Waals surface area contributed by atoms with Crippen molar-refractivity contribution >= 4 is 17.2 Å². The number of imidazole rings is 1. The Balaban J connectivity index is 1.58. The van der Waals surface area contributed by atoms with E-state index in [9.17, 15) is 4.79 Å². The molecule has 2 heterocycles. The molecule has 0 aliphatic heterocycles. The van der Waals surface area contributed by atoms with Gasteiger partial charge < -0.3 is 9.88 Å². The van der Waals surface area contributed by atoms with E-state index < -0.39 is 0 Å². The van der Waals surface area contributed by atoms with E-state index in [1.54, 1.807) is 11.3 Å². The summed E-state index contributed by atoms with van der Waals surface area (Å²) in [5, 5.41) is 5.31. The minimum absolute atomic E-state index is 0.0478. The fourth-order valence-electron chi connectivity index (χ4n) is 3.40. The molecule has 1 atom stereocenters. The lowest BCUT2D eigenvalue weighted by atomic mass is 9.95. The summed E-state index contributed by atoms with van der Waals surface area (Å²) in [6.45, 7) is 0. The molecule has 4 nitrogen and oxygen atoms in total. The van der Waals surface area contributed by atoms with E-state index in [-0.39, 0.29) is 11.9 Å². The third-order valence-electron chi connectivity index (χ3n) is 4.82. The minimum atomic E-state index is 0.0478. The number of aromatic nitrogens is 2. The average molecular weight is 315 g/mol. The standard InChI is InChI=1S/C17H21N3OS/c1-20-9-8-18-16(20)15(11-6-7-11)19-17(21)13-10-22-14-5-3-2-4-12(13)14/h8-11,15H,2-7H2,1H3,(H,19,21)/t15-/m1/s1. The van der Waals surface area contributed by atoms with Crippen LogP contribution in [0.1, 0.15) is 58.3 Å². The van der Waals surface area contributed by atoms with Gasteiger partial charge in [0.2, 0.25) is 0 Å². The lowest BCUT2D eigenvalue weighted by Gasteiger charge is -2.19. The Bertz CT molecular complexity index is 699. The smallest absolute Gasteiger partial charge is 0.253 e. The van der Waals surface area contributed by atoms with Crippen molar-refractivity contribution < 1.29 is 4.79 Å². The molecule has 5 heteroatoms. The third-order valence-corrected chi connectivity index (χ3v) is 5.91. The highest BCUT2D eigenvalue weighted by molar-refractivity contribution is 7.10. The van der Waals surface area contributed by atoms with Crippen LogP contribution in [0.2, 0.25) is 0 Å². The van der Waals surface area contributed by atoms with Gasteiger partial charge in [0.1, 0.15) is 5.82 Å². The zero-order valence-corrected chi connectivity index (χ0v) is 13.7. The first-order valence-corrected chi connectivity index (χ1v) is 8.99. The molecule has 0 bridgehead atoms. The van der Waals surface area contributed by atoms with Crippen LogP contribution in [0, 0.1) is 5.92 Å². The topological polar surface area (TPSA) is 46.9 Å². The Hall–Kier alpha value is -1.62. The van der Waals surface area contributed by atoms with Gasteiger partial charge in [0, 0.05) is 29.7 Å². The third kappa shape index (κ3) is 2.47. The molecular weight excluding hydrogens is 294 g/mol. The van der Waals surface area contributed by atoms with Gasteiger partial charge in [-0.05, 0) is 50.0 Å². The fraction of sp³-hybridized carbons (Fsp3) is 0.529. The van der Waals surface area contributed by atoms with Gasteiger partial charge in [0.15, 0.2) is 0 Å². The normalized spacial score (nSPS) is 18.8. The molecule has 0 saturated heterocycles. The molecule has 2 aromatic rings. The molecule has 4 rings (SSSR count). The average Bonchev–Trinajstić information content (AvgIpc) is 3.14. The fourth-order valence-corrected chi connectivity index (χ4v) is 4.53. The van der Waals surface area contributed by atoms with E-state index in [0.717, 1.165) is 24.2 Å². The molecule has 2 aliphatic carbocycles. The summed E-state index contributed by atoms with van der Waals surface area (Å²) < 4.78 is 2.02. The highest BCUT2D eigenvalue weighted by atomic mass is 32.1. The van der Waals surface area contributed by atoms with Gasteiger partial charge in [-0.15, -0.1) is 11.3 Å². The highest BCUT2D eigenvalue weighted by Crippen LogP contribution is 2.41. The molecule has 1 fully saturated rings. The molecule has 116 valence electrons. The van der Waals surface area contributed by atoms with E-state index >= 15 is 0 Å². The lowest BCUT2D eigenvalue weighted by Crippen LogP contribution is -2.32. The molecule has 2 aromatic heterocycles. The van der Waals surface area contributed by atoms with Gasteiger partial charge >= 0.3 is 0 Å². The molecule has 2 aliphatic rings. The first-order valence-electron chi connectivity index (χ1n) is 8.11. The molecule has 0 radical (unpaired) electrons. The van der Waals surface area contributed by atoms with Gasteiger partial charge in [0.05, 0.1) is 11.6 Å². The Kier molecular flexibility index (Phi) is 3.53. The van der Waals surface area contributed by atoms with Gasteiger partial charge in [-0.2, -0.15) is 0 Å². The molecular formula is C17H21N3OS. The molecule has 1 saturated carbocycles. The van der Waals surface area contributed by atoms with Crippen molar-refractivity contribution in [2.45, 2.75) is 44.6 Å². The number of nitrogens with zero attached hydrogens (tertiary/aromatic N) is 2. The largest absolute Gasteiger partial charge is 0.342 e. The quantitative estimate of drug-likeness (QED) is 0.941. The molecule has 0 aromatic carbocycles. The van der Waals surface area contributed by atoms with Crippen LogP contribution in [0.15, 0.2) is 17.8 Å².